The highest BCUT2D eigenvalue weighted by Gasteiger charge is 2.06. The van der Waals surface area contributed by atoms with Crippen molar-refractivity contribution in [1.29, 1.82) is 0 Å². The topological polar surface area (TPSA) is 30.5 Å². The van der Waals surface area contributed by atoms with Crippen molar-refractivity contribution in [2.45, 2.75) is 20.4 Å². The normalized spacial score (nSPS) is 10.1. The Morgan fingerprint density at radius 2 is 1.95 bits per heavy atom. The van der Waals surface area contributed by atoms with Gasteiger partial charge in [0.1, 0.15) is 6.61 Å². The zero-order valence-electron chi connectivity index (χ0n) is 13.5. The van der Waals surface area contributed by atoms with Gasteiger partial charge in [-0.3, -0.25) is 0 Å². The molecule has 2 aromatic carbocycles. The molecule has 0 bridgehead atoms. The number of aryl methyl sites for hydroxylation is 1. The molecule has 0 fully saturated rings. The van der Waals surface area contributed by atoms with Crippen LogP contribution in [-0.2, 0) is 6.54 Å². The molecule has 0 aliphatic rings. The van der Waals surface area contributed by atoms with Gasteiger partial charge in [-0.05, 0) is 48.7 Å². The van der Waals surface area contributed by atoms with Crippen molar-refractivity contribution in [3.8, 4) is 11.5 Å². The molecule has 0 aromatic heterocycles. The van der Waals surface area contributed by atoms with Crippen molar-refractivity contribution >= 4 is 5.69 Å². The summed E-state index contributed by atoms with van der Waals surface area (Å²) in [5, 5.41) is 3.47. The molecule has 0 spiro atoms. The summed E-state index contributed by atoms with van der Waals surface area (Å²) in [6.45, 7) is 9.11. The maximum absolute atomic E-state index is 5.57. The lowest BCUT2D eigenvalue weighted by atomic mass is 10.1. The second-order valence-electron chi connectivity index (χ2n) is 5.19. The average Bonchev–Trinajstić information content (AvgIpc) is 2.54. The van der Waals surface area contributed by atoms with Crippen LogP contribution >= 0.6 is 0 Å². The molecule has 0 heterocycles. The Balaban J connectivity index is 2.09. The quantitative estimate of drug-likeness (QED) is 0.764. The fraction of sp³-hybridized carbons (Fsp3) is 0.263. The zero-order chi connectivity index (χ0) is 15.9. The molecule has 0 atom stereocenters. The van der Waals surface area contributed by atoms with E-state index in [0.717, 1.165) is 29.3 Å². The van der Waals surface area contributed by atoms with E-state index in [1.54, 1.807) is 13.2 Å². The molecule has 22 heavy (non-hydrogen) atoms. The minimum absolute atomic E-state index is 0.469. The Bertz CT molecular complexity index is 650. The van der Waals surface area contributed by atoms with Crippen molar-refractivity contribution in [3.05, 3.63) is 65.7 Å². The fourth-order valence-electron chi connectivity index (χ4n) is 2.23. The SMILES string of the molecule is C=CCOc1ccc(CNc2cccc(C)c2C)cc1OC. The smallest absolute Gasteiger partial charge is 0.161 e. The Kier molecular flexibility index (Phi) is 5.48. The first kappa shape index (κ1) is 16.0. The highest BCUT2D eigenvalue weighted by Crippen LogP contribution is 2.28. The third kappa shape index (κ3) is 3.82. The van der Waals surface area contributed by atoms with Gasteiger partial charge >= 0.3 is 0 Å². The molecule has 2 aromatic rings. The average molecular weight is 297 g/mol. The van der Waals surface area contributed by atoms with Gasteiger partial charge in [0.25, 0.3) is 0 Å². The highest BCUT2D eigenvalue weighted by atomic mass is 16.5. The van der Waals surface area contributed by atoms with Gasteiger partial charge in [0, 0.05) is 12.2 Å². The number of anilines is 1. The second kappa shape index (κ2) is 7.55. The maximum atomic E-state index is 5.57. The van der Waals surface area contributed by atoms with Crippen LogP contribution in [0, 0.1) is 13.8 Å². The molecule has 0 saturated heterocycles. The number of hydrogen-bond acceptors (Lipinski definition) is 3. The number of nitrogens with one attached hydrogen (secondary N) is 1. The molecular weight excluding hydrogens is 274 g/mol. The summed E-state index contributed by atoms with van der Waals surface area (Å²) >= 11 is 0. The Morgan fingerprint density at radius 3 is 2.68 bits per heavy atom. The standard InChI is InChI=1S/C19H23NO2/c1-5-11-22-18-10-9-16(12-19(18)21-4)13-20-17-8-6-7-14(2)15(17)3/h5-10,12,20H,1,11,13H2,2-4H3. The van der Waals surface area contributed by atoms with Crippen LogP contribution in [0.4, 0.5) is 5.69 Å². The van der Waals surface area contributed by atoms with Crippen LogP contribution in [0.25, 0.3) is 0 Å². The molecule has 0 aliphatic carbocycles. The van der Waals surface area contributed by atoms with Crippen LogP contribution in [0.3, 0.4) is 0 Å². The van der Waals surface area contributed by atoms with Crippen molar-refractivity contribution in [3.63, 3.8) is 0 Å². The predicted octanol–water partition coefficient (Wildman–Crippen LogP) is 4.49. The fourth-order valence-corrected chi connectivity index (χ4v) is 2.23. The lowest BCUT2D eigenvalue weighted by Gasteiger charge is -2.14. The van der Waals surface area contributed by atoms with Gasteiger partial charge in [-0.25, -0.2) is 0 Å². The lowest BCUT2D eigenvalue weighted by molar-refractivity contribution is 0.326. The van der Waals surface area contributed by atoms with Crippen LogP contribution in [-0.4, -0.2) is 13.7 Å². The van der Waals surface area contributed by atoms with Crippen LogP contribution in [0.15, 0.2) is 49.1 Å². The van der Waals surface area contributed by atoms with E-state index in [0.29, 0.717) is 6.61 Å². The number of methoxy groups -OCH3 is 1. The van der Waals surface area contributed by atoms with E-state index in [-0.39, 0.29) is 0 Å². The molecule has 0 radical (unpaired) electrons. The van der Waals surface area contributed by atoms with E-state index < -0.39 is 0 Å². The number of rotatable bonds is 7. The van der Waals surface area contributed by atoms with Crippen molar-refractivity contribution in [2.75, 3.05) is 19.0 Å². The van der Waals surface area contributed by atoms with E-state index in [4.69, 9.17) is 9.47 Å². The third-order valence-electron chi connectivity index (χ3n) is 3.67. The Morgan fingerprint density at radius 1 is 1.14 bits per heavy atom. The van der Waals surface area contributed by atoms with Gasteiger partial charge in [0.15, 0.2) is 11.5 Å². The van der Waals surface area contributed by atoms with Gasteiger partial charge in [-0.15, -0.1) is 0 Å². The molecule has 0 amide bonds. The highest BCUT2D eigenvalue weighted by molar-refractivity contribution is 5.54. The summed E-state index contributed by atoms with van der Waals surface area (Å²) in [5.41, 5.74) is 4.87. The van der Waals surface area contributed by atoms with Gasteiger partial charge < -0.3 is 14.8 Å². The largest absolute Gasteiger partial charge is 0.493 e. The van der Waals surface area contributed by atoms with Crippen LogP contribution < -0.4 is 14.8 Å². The minimum atomic E-state index is 0.469. The molecule has 3 heteroatoms. The molecule has 1 N–H and O–H groups in total. The van der Waals surface area contributed by atoms with Crippen molar-refractivity contribution < 1.29 is 9.47 Å². The monoisotopic (exact) mass is 297 g/mol. The van der Waals surface area contributed by atoms with Crippen LogP contribution in [0.1, 0.15) is 16.7 Å². The molecule has 0 saturated carbocycles. The first-order valence-corrected chi connectivity index (χ1v) is 7.36. The summed E-state index contributed by atoms with van der Waals surface area (Å²) in [4.78, 5) is 0. The Hall–Kier alpha value is -2.42. The number of benzene rings is 2. The summed E-state index contributed by atoms with van der Waals surface area (Å²) in [6, 6.07) is 12.3. The van der Waals surface area contributed by atoms with E-state index in [9.17, 15) is 0 Å². The van der Waals surface area contributed by atoms with Crippen LogP contribution in [0.2, 0.25) is 0 Å². The summed E-state index contributed by atoms with van der Waals surface area (Å²) in [6.07, 6.45) is 1.72. The molecular formula is C19H23NO2. The van der Waals surface area contributed by atoms with Gasteiger partial charge in [0.05, 0.1) is 7.11 Å². The van der Waals surface area contributed by atoms with E-state index in [1.807, 2.05) is 18.2 Å². The number of ether oxygens (including phenoxy) is 2. The summed E-state index contributed by atoms with van der Waals surface area (Å²) in [7, 11) is 1.65. The molecule has 2 rings (SSSR count). The van der Waals surface area contributed by atoms with Crippen LogP contribution in [0.5, 0.6) is 11.5 Å². The van der Waals surface area contributed by atoms with E-state index >= 15 is 0 Å². The first-order chi connectivity index (χ1) is 10.7. The zero-order valence-corrected chi connectivity index (χ0v) is 13.5. The van der Waals surface area contributed by atoms with Gasteiger partial charge in [0.2, 0.25) is 0 Å². The van der Waals surface area contributed by atoms with Gasteiger partial charge in [-0.1, -0.05) is 30.9 Å². The minimum Gasteiger partial charge on any atom is -0.493 e. The second-order valence-corrected chi connectivity index (χ2v) is 5.19. The first-order valence-electron chi connectivity index (χ1n) is 7.36. The lowest BCUT2D eigenvalue weighted by Crippen LogP contribution is -2.03. The summed E-state index contributed by atoms with van der Waals surface area (Å²) in [5.74, 6) is 1.47. The third-order valence-corrected chi connectivity index (χ3v) is 3.67. The Labute approximate surface area is 132 Å². The van der Waals surface area contributed by atoms with Crippen molar-refractivity contribution in [2.24, 2.45) is 0 Å². The van der Waals surface area contributed by atoms with Gasteiger partial charge in [-0.2, -0.15) is 0 Å². The molecule has 0 aliphatic heterocycles. The number of hydrogen-bond donors (Lipinski definition) is 1. The predicted molar refractivity (Wildman–Crippen MR) is 91.9 cm³/mol. The molecule has 0 unspecified atom stereocenters. The maximum Gasteiger partial charge on any atom is 0.161 e. The van der Waals surface area contributed by atoms with Crippen molar-refractivity contribution in [1.82, 2.24) is 0 Å². The molecule has 116 valence electrons. The summed E-state index contributed by atoms with van der Waals surface area (Å²) < 4.78 is 11.0. The molecule has 3 nitrogen and oxygen atoms in total. The van der Waals surface area contributed by atoms with E-state index in [1.165, 1.54) is 11.1 Å². The van der Waals surface area contributed by atoms with E-state index in [2.05, 4.69) is 43.9 Å².